The van der Waals surface area contributed by atoms with Gasteiger partial charge >= 0.3 is 0 Å². The molecule has 0 amide bonds. The molecule has 2 nitrogen and oxygen atoms in total. The topological polar surface area (TPSA) is 40.5 Å². The molecule has 4 rings (SSSR count). The van der Waals surface area contributed by atoms with E-state index in [1.807, 2.05) is 36.4 Å². The molecule has 2 unspecified atom stereocenters. The maximum absolute atomic E-state index is 10.3. The zero-order valence-corrected chi connectivity index (χ0v) is 10.9. The predicted molar refractivity (Wildman–Crippen MR) is 77.2 cm³/mol. The van der Waals surface area contributed by atoms with Crippen molar-refractivity contribution in [1.82, 2.24) is 0 Å². The van der Waals surface area contributed by atoms with Gasteiger partial charge < -0.3 is 10.2 Å². The van der Waals surface area contributed by atoms with Crippen LogP contribution in [0.4, 0.5) is 0 Å². The zero-order chi connectivity index (χ0) is 13.0. The van der Waals surface area contributed by atoms with Gasteiger partial charge in [-0.15, -0.1) is 11.3 Å². The largest absolute Gasteiger partial charge is 0.385 e. The van der Waals surface area contributed by atoms with Crippen LogP contribution in [0.2, 0.25) is 0 Å². The summed E-state index contributed by atoms with van der Waals surface area (Å²) in [5.41, 5.74) is 2.92. The van der Waals surface area contributed by atoms with Crippen molar-refractivity contribution in [2.45, 2.75) is 12.2 Å². The van der Waals surface area contributed by atoms with E-state index in [0.717, 1.165) is 31.7 Å². The summed E-state index contributed by atoms with van der Waals surface area (Å²) in [6.45, 7) is 0. The minimum atomic E-state index is -0.836. The van der Waals surface area contributed by atoms with Gasteiger partial charge in [0.2, 0.25) is 0 Å². The van der Waals surface area contributed by atoms with Crippen LogP contribution in [-0.4, -0.2) is 10.2 Å². The average Bonchev–Trinajstić information content (AvgIpc) is 2.84. The summed E-state index contributed by atoms with van der Waals surface area (Å²) in [7, 11) is 0. The van der Waals surface area contributed by atoms with Crippen LogP contribution in [0.1, 0.15) is 22.6 Å². The number of hydrogen-bond acceptors (Lipinski definition) is 3. The van der Waals surface area contributed by atoms with E-state index in [2.05, 4.69) is 12.1 Å². The Bertz CT molecular complexity index is 775. The molecule has 2 atom stereocenters. The smallest absolute Gasteiger partial charge is 0.119 e. The monoisotopic (exact) mass is 268 g/mol. The van der Waals surface area contributed by atoms with Gasteiger partial charge in [0.1, 0.15) is 12.2 Å². The summed E-state index contributed by atoms with van der Waals surface area (Å²) in [5.74, 6) is 0. The molecule has 1 heterocycles. The van der Waals surface area contributed by atoms with Crippen molar-refractivity contribution in [3.05, 3.63) is 59.0 Å². The highest BCUT2D eigenvalue weighted by atomic mass is 32.1. The van der Waals surface area contributed by atoms with Crippen LogP contribution in [0.25, 0.3) is 21.2 Å². The van der Waals surface area contributed by atoms with Gasteiger partial charge in [0.15, 0.2) is 0 Å². The highest BCUT2D eigenvalue weighted by Gasteiger charge is 2.33. The molecule has 0 spiro atoms. The fourth-order valence-electron chi connectivity index (χ4n) is 2.85. The van der Waals surface area contributed by atoms with Gasteiger partial charge in [-0.05, 0) is 17.2 Å². The molecular formula is C16H12O2S. The van der Waals surface area contributed by atoms with Crippen LogP contribution in [0.5, 0.6) is 0 Å². The lowest BCUT2D eigenvalue weighted by Crippen LogP contribution is -2.15. The third kappa shape index (κ3) is 1.43. The van der Waals surface area contributed by atoms with Crippen molar-refractivity contribution < 1.29 is 10.2 Å². The molecule has 1 aliphatic rings. The molecule has 0 radical (unpaired) electrons. The first kappa shape index (κ1) is 11.2. The Morgan fingerprint density at radius 1 is 0.842 bits per heavy atom. The van der Waals surface area contributed by atoms with Gasteiger partial charge in [0, 0.05) is 20.5 Å². The summed E-state index contributed by atoms with van der Waals surface area (Å²) >= 11 is 1.57. The van der Waals surface area contributed by atoms with Crippen molar-refractivity contribution in [2.24, 2.45) is 0 Å². The maximum atomic E-state index is 10.3. The summed E-state index contributed by atoms with van der Waals surface area (Å²) < 4.78 is 1.15. The molecular weight excluding hydrogens is 256 g/mol. The van der Waals surface area contributed by atoms with Gasteiger partial charge in [-0.1, -0.05) is 42.5 Å². The Morgan fingerprint density at radius 3 is 2.47 bits per heavy atom. The summed E-state index contributed by atoms with van der Waals surface area (Å²) in [5, 5.41) is 21.8. The van der Waals surface area contributed by atoms with E-state index in [9.17, 15) is 10.2 Å². The molecule has 2 aromatic carbocycles. The SMILES string of the molecule is OC1c2ccccc2-c2c(sc3ccccc23)C1O. The van der Waals surface area contributed by atoms with Crippen molar-refractivity contribution in [1.29, 1.82) is 0 Å². The van der Waals surface area contributed by atoms with E-state index in [1.165, 1.54) is 0 Å². The van der Waals surface area contributed by atoms with Crippen molar-refractivity contribution in [3.8, 4) is 11.1 Å². The molecule has 0 bridgehead atoms. The van der Waals surface area contributed by atoms with Gasteiger partial charge in [-0.25, -0.2) is 0 Å². The molecule has 19 heavy (non-hydrogen) atoms. The van der Waals surface area contributed by atoms with E-state index in [1.54, 1.807) is 11.3 Å². The number of rotatable bonds is 0. The number of thiophene rings is 1. The number of hydrogen-bond donors (Lipinski definition) is 2. The van der Waals surface area contributed by atoms with Crippen molar-refractivity contribution >= 4 is 21.4 Å². The first-order chi connectivity index (χ1) is 9.27. The third-order valence-electron chi connectivity index (χ3n) is 3.74. The highest BCUT2D eigenvalue weighted by Crippen LogP contribution is 2.51. The lowest BCUT2D eigenvalue weighted by atomic mass is 9.85. The van der Waals surface area contributed by atoms with Gasteiger partial charge in [0.05, 0.1) is 0 Å². The molecule has 1 aliphatic carbocycles. The summed E-state index contributed by atoms with van der Waals surface area (Å²) in [6, 6.07) is 15.9. The van der Waals surface area contributed by atoms with Gasteiger partial charge in [-0.2, -0.15) is 0 Å². The second kappa shape index (κ2) is 3.90. The first-order valence-corrected chi connectivity index (χ1v) is 7.06. The predicted octanol–water partition coefficient (Wildman–Crippen LogP) is 3.65. The van der Waals surface area contributed by atoms with Crippen LogP contribution in [0.15, 0.2) is 48.5 Å². The molecule has 1 aromatic heterocycles. The van der Waals surface area contributed by atoms with E-state index < -0.39 is 12.2 Å². The summed E-state index contributed by atoms with van der Waals surface area (Å²) in [4.78, 5) is 0.868. The Labute approximate surface area is 114 Å². The quantitative estimate of drug-likeness (QED) is 0.653. The normalized spacial score (nSPS) is 21.2. The average molecular weight is 268 g/mol. The molecule has 0 fully saturated rings. The van der Waals surface area contributed by atoms with Gasteiger partial charge in [-0.3, -0.25) is 0 Å². The van der Waals surface area contributed by atoms with E-state index in [4.69, 9.17) is 0 Å². The van der Waals surface area contributed by atoms with Crippen molar-refractivity contribution in [3.63, 3.8) is 0 Å². The highest BCUT2D eigenvalue weighted by molar-refractivity contribution is 7.19. The second-order valence-electron chi connectivity index (χ2n) is 4.81. The number of fused-ring (bicyclic) bond motifs is 5. The molecule has 2 N–H and O–H groups in total. The van der Waals surface area contributed by atoms with Crippen LogP contribution in [-0.2, 0) is 0 Å². The lowest BCUT2D eigenvalue weighted by Gasteiger charge is -2.26. The van der Waals surface area contributed by atoms with Crippen LogP contribution >= 0.6 is 11.3 Å². The van der Waals surface area contributed by atoms with E-state index in [-0.39, 0.29) is 0 Å². The molecule has 0 saturated carbocycles. The minimum Gasteiger partial charge on any atom is -0.385 e. The number of aliphatic hydroxyl groups excluding tert-OH is 2. The fourth-order valence-corrected chi connectivity index (χ4v) is 4.08. The van der Waals surface area contributed by atoms with Crippen LogP contribution in [0.3, 0.4) is 0 Å². The zero-order valence-electron chi connectivity index (χ0n) is 10.1. The Balaban J connectivity index is 2.15. The van der Waals surface area contributed by atoms with Crippen LogP contribution in [0, 0.1) is 0 Å². The Morgan fingerprint density at radius 2 is 1.58 bits per heavy atom. The van der Waals surface area contributed by atoms with Gasteiger partial charge in [0.25, 0.3) is 0 Å². The van der Waals surface area contributed by atoms with E-state index >= 15 is 0 Å². The van der Waals surface area contributed by atoms with Crippen molar-refractivity contribution in [2.75, 3.05) is 0 Å². The second-order valence-corrected chi connectivity index (χ2v) is 5.90. The Kier molecular flexibility index (Phi) is 2.30. The molecule has 94 valence electrons. The van der Waals surface area contributed by atoms with Crippen LogP contribution < -0.4 is 0 Å². The molecule has 0 saturated heterocycles. The minimum absolute atomic E-state index is 0.811. The molecule has 3 aromatic rings. The standard InChI is InChI=1S/C16H12O2S/c17-14-10-6-2-1-5-9(10)13-11-7-3-4-8-12(11)19-16(13)15(14)18/h1-8,14-15,17-18H. The first-order valence-electron chi connectivity index (χ1n) is 6.24. The lowest BCUT2D eigenvalue weighted by molar-refractivity contribution is 0.0181. The Hall–Kier alpha value is -1.68. The fraction of sp³-hybridized carbons (Fsp3) is 0.125. The maximum Gasteiger partial charge on any atom is 0.119 e. The summed E-state index contributed by atoms with van der Waals surface area (Å²) in [6.07, 6.45) is -1.67. The number of benzene rings is 2. The molecule has 0 aliphatic heterocycles. The van der Waals surface area contributed by atoms with E-state index in [0.29, 0.717) is 0 Å². The molecule has 3 heteroatoms. The number of aliphatic hydroxyl groups is 2. The third-order valence-corrected chi connectivity index (χ3v) is 4.98.